The average Bonchev–Trinajstić information content (AvgIpc) is 2.46. The van der Waals surface area contributed by atoms with Crippen molar-refractivity contribution in [3.63, 3.8) is 0 Å². The molecular weight excluding hydrogens is 262 g/mol. The van der Waals surface area contributed by atoms with E-state index in [2.05, 4.69) is 11.4 Å². The van der Waals surface area contributed by atoms with Crippen LogP contribution in [0.1, 0.15) is 31.9 Å². The molecule has 4 heteroatoms. The lowest BCUT2D eigenvalue weighted by Gasteiger charge is -2.34. The van der Waals surface area contributed by atoms with Gasteiger partial charge in [-0.15, -0.1) is 0 Å². The van der Waals surface area contributed by atoms with E-state index in [0.717, 1.165) is 29.1 Å². The second-order valence-electron chi connectivity index (χ2n) is 5.53. The van der Waals surface area contributed by atoms with E-state index >= 15 is 0 Å². The predicted molar refractivity (Wildman–Crippen MR) is 82.2 cm³/mol. The van der Waals surface area contributed by atoms with Crippen molar-refractivity contribution < 1.29 is 4.74 Å². The van der Waals surface area contributed by atoms with Gasteiger partial charge in [0.2, 0.25) is 0 Å². The molecule has 0 radical (unpaired) electrons. The van der Waals surface area contributed by atoms with E-state index in [-0.39, 0.29) is 0 Å². The number of anilines is 1. The summed E-state index contributed by atoms with van der Waals surface area (Å²) >= 11 is 0. The number of rotatable bonds is 2. The molecule has 4 nitrogen and oxygen atoms in total. The SMILES string of the molecule is CCNc1nc2c(cc1C#N)C(C)(C)Oc1ccccc1-2. The Morgan fingerprint density at radius 1 is 1.33 bits per heavy atom. The summed E-state index contributed by atoms with van der Waals surface area (Å²) < 4.78 is 6.08. The van der Waals surface area contributed by atoms with Gasteiger partial charge in [0, 0.05) is 17.7 Å². The minimum Gasteiger partial charge on any atom is -0.482 e. The van der Waals surface area contributed by atoms with Crippen molar-refractivity contribution in [2.75, 3.05) is 11.9 Å². The number of para-hydroxylation sites is 1. The maximum absolute atomic E-state index is 9.34. The van der Waals surface area contributed by atoms with Gasteiger partial charge in [0.15, 0.2) is 0 Å². The highest BCUT2D eigenvalue weighted by atomic mass is 16.5. The van der Waals surface area contributed by atoms with Crippen LogP contribution in [0.5, 0.6) is 5.75 Å². The summed E-state index contributed by atoms with van der Waals surface area (Å²) in [4.78, 5) is 4.70. The normalized spacial score (nSPS) is 14.4. The van der Waals surface area contributed by atoms with Crippen molar-refractivity contribution in [1.82, 2.24) is 4.98 Å². The monoisotopic (exact) mass is 279 g/mol. The molecule has 0 saturated carbocycles. The minimum atomic E-state index is -0.507. The topological polar surface area (TPSA) is 57.9 Å². The molecule has 1 aliphatic rings. The molecule has 1 aliphatic heterocycles. The molecule has 1 aromatic heterocycles. The number of pyridine rings is 1. The first-order chi connectivity index (χ1) is 10.1. The van der Waals surface area contributed by atoms with Crippen LogP contribution in [-0.2, 0) is 5.60 Å². The first-order valence-corrected chi connectivity index (χ1v) is 7.04. The van der Waals surface area contributed by atoms with E-state index in [1.54, 1.807) is 0 Å². The Labute approximate surface area is 124 Å². The van der Waals surface area contributed by atoms with Crippen LogP contribution in [0.4, 0.5) is 5.82 Å². The Kier molecular flexibility index (Phi) is 3.06. The van der Waals surface area contributed by atoms with Gasteiger partial charge in [-0.1, -0.05) is 12.1 Å². The van der Waals surface area contributed by atoms with Gasteiger partial charge < -0.3 is 10.1 Å². The number of fused-ring (bicyclic) bond motifs is 3. The van der Waals surface area contributed by atoms with Gasteiger partial charge in [-0.05, 0) is 39.0 Å². The minimum absolute atomic E-state index is 0.507. The van der Waals surface area contributed by atoms with Crippen LogP contribution >= 0.6 is 0 Å². The lowest BCUT2D eigenvalue weighted by atomic mass is 9.88. The van der Waals surface area contributed by atoms with Crippen LogP contribution in [0, 0.1) is 11.3 Å². The molecule has 2 aromatic rings. The van der Waals surface area contributed by atoms with E-state index in [1.807, 2.05) is 51.1 Å². The van der Waals surface area contributed by atoms with Gasteiger partial charge in [-0.25, -0.2) is 4.98 Å². The molecular formula is C17H17N3O. The second-order valence-corrected chi connectivity index (χ2v) is 5.53. The van der Waals surface area contributed by atoms with Crippen molar-refractivity contribution in [2.45, 2.75) is 26.4 Å². The molecule has 1 N–H and O–H groups in total. The zero-order valence-corrected chi connectivity index (χ0v) is 12.4. The molecule has 0 aliphatic carbocycles. The largest absolute Gasteiger partial charge is 0.482 e. The standard InChI is InChI=1S/C17H17N3O/c1-4-19-16-11(10-18)9-13-15(20-16)12-7-5-6-8-14(12)21-17(13,2)3/h5-9H,4H2,1-3H3,(H,19,20). The highest BCUT2D eigenvalue weighted by Crippen LogP contribution is 2.44. The Morgan fingerprint density at radius 2 is 2.10 bits per heavy atom. The Hall–Kier alpha value is -2.54. The molecule has 106 valence electrons. The lowest BCUT2D eigenvalue weighted by molar-refractivity contribution is 0.105. The number of nitriles is 1. The molecule has 21 heavy (non-hydrogen) atoms. The van der Waals surface area contributed by atoms with Crippen LogP contribution in [0.3, 0.4) is 0 Å². The molecule has 1 aromatic carbocycles. The molecule has 3 rings (SSSR count). The number of hydrogen-bond acceptors (Lipinski definition) is 4. The van der Waals surface area contributed by atoms with E-state index in [4.69, 9.17) is 9.72 Å². The van der Waals surface area contributed by atoms with Gasteiger partial charge in [0.05, 0.1) is 11.3 Å². The van der Waals surface area contributed by atoms with Crippen molar-refractivity contribution in [1.29, 1.82) is 5.26 Å². The van der Waals surface area contributed by atoms with Crippen LogP contribution < -0.4 is 10.1 Å². The van der Waals surface area contributed by atoms with E-state index in [0.29, 0.717) is 11.4 Å². The third kappa shape index (κ3) is 2.11. The summed E-state index contributed by atoms with van der Waals surface area (Å²) in [6.45, 7) is 6.71. The average molecular weight is 279 g/mol. The van der Waals surface area contributed by atoms with Crippen LogP contribution in [0.2, 0.25) is 0 Å². The van der Waals surface area contributed by atoms with Crippen molar-refractivity contribution >= 4 is 5.82 Å². The fraction of sp³-hybridized carbons (Fsp3) is 0.294. The smallest absolute Gasteiger partial charge is 0.144 e. The predicted octanol–water partition coefficient (Wildman–Crippen LogP) is 3.68. The van der Waals surface area contributed by atoms with Crippen molar-refractivity contribution in [2.24, 2.45) is 0 Å². The van der Waals surface area contributed by atoms with Crippen molar-refractivity contribution in [3.05, 3.63) is 41.5 Å². The Bertz CT molecular complexity index is 744. The third-order valence-electron chi connectivity index (χ3n) is 3.64. The summed E-state index contributed by atoms with van der Waals surface area (Å²) in [6.07, 6.45) is 0. The molecule has 0 amide bonds. The maximum atomic E-state index is 9.34. The summed E-state index contributed by atoms with van der Waals surface area (Å²) in [6, 6.07) is 12.0. The van der Waals surface area contributed by atoms with Crippen molar-refractivity contribution in [3.8, 4) is 23.1 Å². The number of nitrogens with zero attached hydrogens (tertiary/aromatic N) is 2. The number of ether oxygens (including phenoxy) is 1. The summed E-state index contributed by atoms with van der Waals surface area (Å²) in [5.41, 5.74) is 2.84. The lowest BCUT2D eigenvalue weighted by Crippen LogP contribution is -2.30. The van der Waals surface area contributed by atoms with E-state index < -0.39 is 5.60 Å². The molecule has 0 bridgehead atoms. The Balaban J connectivity index is 2.30. The summed E-state index contributed by atoms with van der Waals surface area (Å²) in [7, 11) is 0. The fourth-order valence-electron chi connectivity index (χ4n) is 2.65. The summed E-state index contributed by atoms with van der Waals surface area (Å²) in [5, 5.41) is 12.5. The van der Waals surface area contributed by atoms with E-state index in [9.17, 15) is 5.26 Å². The second kappa shape index (κ2) is 4.78. The molecule has 0 saturated heterocycles. The number of nitrogens with one attached hydrogen (secondary N) is 1. The molecule has 0 fully saturated rings. The number of hydrogen-bond donors (Lipinski definition) is 1. The molecule has 0 spiro atoms. The number of benzene rings is 1. The molecule has 2 heterocycles. The zero-order valence-electron chi connectivity index (χ0n) is 12.4. The maximum Gasteiger partial charge on any atom is 0.144 e. The molecule has 0 atom stereocenters. The Morgan fingerprint density at radius 3 is 2.81 bits per heavy atom. The first-order valence-electron chi connectivity index (χ1n) is 7.04. The number of aromatic nitrogens is 1. The first kappa shape index (κ1) is 13.4. The molecule has 0 unspecified atom stereocenters. The van der Waals surface area contributed by atoms with Crippen LogP contribution in [0.15, 0.2) is 30.3 Å². The van der Waals surface area contributed by atoms with Gasteiger partial charge in [-0.2, -0.15) is 5.26 Å². The van der Waals surface area contributed by atoms with E-state index in [1.165, 1.54) is 0 Å². The highest BCUT2D eigenvalue weighted by Gasteiger charge is 2.34. The van der Waals surface area contributed by atoms with Gasteiger partial charge in [0.25, 0.3) is 0 Å². The van der Waals surface area contributed by atoms with Gasteiger partial charge in [0.1, 0.15) is 23.2 Å². The third-order valence-corrected chi connectivity index (χ3v) is 3.64. The highest BCUT2D eigenvalue weighted by molar-refractivity contribution is 5.76. The van der Waals surface area contributed by atoms with Crippen LogP contribution in [-0.4, -0.2) is 11.5 Å². The summed E-state index contributed by atoms with van der Waals surface area (Å²) in [5.74, 6) is 1.46. The van der Waals surface area contributed by atoms with Gasteiger partial charge >= 0.3 is 0 Å². The van der Waals surface area contributed by atoms with Crippen LogP contribution in [0.25, 0.3) is 11.3 Å². The quantitative estimate of drug-likeness (QED) is 0.911. The fourth-order valence-corrected chi connectivity index (χ4v) is 2.65. The zero-order chi connectivity index (χ0) is 15.0. The van der Waals surface area contributed by atoms with Gasteiger partial charge in [-0.3, -0.25) is 0 Å².